The van der Waals surface area contributed by atoms with Crippen LogP contribution in [0.4, 0.5) is 5.69 Å². The van der Waals surface area contributed by atoms with Crippen LogP contribution in [0.25, 0.3) is 0 Å². The van der Waals surface area contributed by atoms with E-state index in [0.29, 0.717) is 18.9 Å². The summed E-state index contributed by atoms with van der Waals surface area (Å²) in [5.41, 5.74) is 10.6. The lowest BCUT2D eigenvalue weighted by molar-refractivity contribution is -0.127. The molecule has 0 bridgehead atoms. The van der Waals surface area contributed by atoms with Crippen LogP contribution in [0.1, 0.15) is 23.1 Å². The van der Waals surface area contributed by atoms with Crippen LogP contribution in [0.2, 0.25) is 0 Å². The molecule has 5 nitrogen and oxygen atoms in total. The van der Waals surface area contributed by atoms with E-state index < -0.39 is 0 Å². The Balaban J connectivity index is 0.00000280. The van der Waals surface area contributed by atoms with E-state index in [9.17, 15) is 4.79 Å². The second-order valence-corrected chi connectivity index (χ2v) is 7.37. The summed E-state index contributed by atoms with van der Waals surface area (Å²) in [6, 6.07) is 16.5. The third-order valence-corrected chi connectivity index (χ3v) is 4.82. The van der Waals surface area contributed by atoms with Crippen molar-refractivity contribution >= 4 is 41.5 Å². The Morgan fingerprint density at radius 3 is 2.54 bits per heavy atom. The van der Waals surface area contributed by atoms with Crippen molar-refractivity contribution in [3.05, 3.63) is 65.2 Å². The van der Waals surface area contributed by atoms with Gasteiger partial charge in [-0.1, -0.05) is 36.4 Å². The highest BCUT2D eigenvalue weighted by molar-refractivity contribution is 14.0. The molecule has 0 spiro atoms. The molecule has 28 heavy (non-hydrogen) atoms. The minimum absolute atomic E-state index is 0. The van der Waals surface area contributed by atoms with Crippen molar-refractivity contribution in [1.29, 1.82) is 0 Å². The van der Waals surface area contributed by atoms with E-state index in [0.717, 1.165) is 25.2 Å². The summed E-state index contributed by atoms with van der Waals surface area (Å²) in [7, 11) is 0. The molecule has 6 heteroatoms. The highest BCUT2D eigenvalue weighted by Gasteiger charge is 2.28. The molecule has 0 aliphatic carbocycles. The smallest absolute Gasteiger partial charge is 0.223 e. The van der Waals surface area contributed by atoms with Crippen molar-refractivity contribution in [2.45, 2.75) is 26.7 Å². The van der Waals surface area contributed by atoms with Gasteiger partial charge in [0, 0.05) is 37.7 Å². The van der Waals surface area contributed by atoms with E-state index in [1.165, 1.54) is 16.7 Å². The molecule has 1 aliphatic heterocycles. The number of amides is 1. The van der Waals surface area contributed by atoms with Crippen LogP contribution in [0.15, 0.2) is 53.5 Å². The molecule has 0 aromatic heterocycles. The highest BCUT2D eigenvalue weighted by atomic mass is 127. The van der Waals surface area contributed by atoms with E-state index in [1.807, 2.05) is 35.2 Å². The van der Waals surface area contributed by atoms with Gasteiger partial charge in [-0.05, 0) is 49.1 Å². The lowest BCUT2D eigenvalue weighted by Gasteiger charge is -2.16. The zero-order valence-electron chi connectivity index (χ0n) is 16.5. The lowest BCUT2D eigenvalue weighted by Crippen LogP contribution is -2.28. The molecule has 1 unspecified atom stereocenters. The number of nitrogens with two attached hydrogens (primary N) is 1. The van der Waals surface area contributed by atoms with Crippen molar-refractivity contribution < 1.29 is 4.79 Å². The van der Waals surface area contributed by atoms with Gasteiger partial charge in [0.1, 0.15) is 0 Å². The number of nitrogens with zero attached hydrogens (tertiary/aromatic N) is 2. The minimum atomic E-state index is 0. The molecule has 1 fully saturated rings. The Morgan fingerprint density at radius 2 is 1.86 bits per heavy atom. The summed E-state index contributed by atoms with van der Waals surface area (Å²) in [5.74, 6) is 0.843. The van der Waals surface area contributed by atoms with E-state index in [-0.39, 0.29) is 35.8 Å². The number of halogens is 1. The molecule has 0 saturated carbocycles. The van der Waals surface area contributed by atoms with Gasteiger partial charge < -0.3 is 16.0 Å². The van der Waals surface area contributed by atoms with E-state index in [2.05, 4.69) is 42.4 Å². The topological polar surface area (TPSA) is 70.7 Å². The average molecular weight is 492 g/mol. The molecule has 1 atom stereocenters. The van der Waals surface area contributed by atoms with Crippen LogP contribution in [0, 0.1) is 19.8 Å². The van der Waals surface area contributed by atoms with Crippen LogP contribution in [-0.4, -0.2) is 36.4 Å². The van der Waals surface area contributed by atoms with Crippen LogP contribution < -0.4 is 11.1 Å². The van der Waals surface area contributed by atoms with Gasteiger partial charge in [-0.25, -0.2) is 0 Å². The van der Waals surface area contributed by atoms with Gasteiger partial charge >= 0.3 is 0 Å². The number of benzene rings is 2. The number of hydrogen-bond acceptors (Lipinski definition) is 2. The molecule has 3 N–H and O–H groups in total. The van der Waals surface area contributed by atoms with E-state index in [1.54, 1.807) is 0 Å². The number of guanidine groups is 1. The fourth-order valence-corrected chi connectivity index (χ4v) is 3.56. The SMILES string of the molecule is Cc1cc(C)cc(NC(N)=NCC2CC(=O)N(CCc3ccccc3)C2)c1.I. The van der Waals surface area contributed by atoms with Crippen molar-refractivity contribution in [3.63, 3.8) is 0 Å². The number of carbonyl (C=O) groups is 1. The first-order chi connectivity index (χ1) is 13.0. The summed E-state index contributed by atoms with van der Waals surface area (Å²) in [5, 5.41) is 3.15. The van der Waals surface area contributed by atoms with E-state index >= 15 is 0 Å². The van der Waals surface area contributed by atoms with Gasteiger partial charge in [0.25, 0.3) is 0 Å². The number of aryl methyl sites for hydroxylation is 2. The first kappa shape index (κ1) is 22.2. The van der Waals surface area contributed by atoms with Crippen LogP contribution in [0.3, 0.4) is 0 Å². The Kier molecular flexibility index (Phi) is 8.29. The fourth-order valence-electron chi connectivity index (χ4n) is 3.56. The first-order valence-electron chi connectivity index (χ1n) is 9.46. The number of carbonyl (C=O) groups excluding carboxylic acids is 1. The molecule has 1 amide bonds. The Labute approximate surface area is 184 Å². The minimum Gasteiger partial charge on any atom is -0.370 e. The largest absolute Gasteiger partial charge is 0.370 e. The lowest BCUT2D eigenvalue weighted by atomic mass is 10.1. The number of aliphatic imine (C=N–C) groups is 1. The number of likely N-dealkylation sites (tertiary alicyclic amines) is 1. The molecule has 150 valence electrons. The number of nitrogens with one attached hydrogen (secondary N) is 1. The molecule has 0 radical (unpaired) electrons. The standard InChI is InChI=1S/C22H28N4O.HI/c1-16-10-17(2)12-20(11-16)25-22(23)24-14-19-13-21(27)26(15-19)9-8-18-6-4-3-5-7-18;/h3-7,10-12,19H,8-9,13-15H2,1-2H3,(H3,23,24,25);1H. The average Bonchev–Trinajstić information content (AvgIpc) is 2.98. The Hall–Kier alpha value is -2.09. The zero-order valence-corrected chi connectivity index (χ0v) is 18.9. The predicted octanol–water partition coefficient (Wildman–Crippen LogP) is 3.74. The summed E-state index contributed by atoms with van der Waals surface area (Å²) < 4.78 is 0. The van der Waals surface area contributed by atoms with Gasteiger partial charge in [-0.15, -0.1) is 24.0 Å². The van der Waals surface area contributed by atoms with Gasteiger partial charge in [-0.2, -0.15) is 0 Å². The van der Waals surface area contributed by atoms with Gasteiger partial charge in [0.05, 0.1) is 0 Å². The summed E-state index contributed by atoms with van der Waals surface area (Å²) in [4.78, 5) is 18.6. The molecule has 1 aliphatic rings. The number of rotatable bonds is 6. The molecular formula is C22H29IN4O. The fraction of sp³-hybridized carbons (Fsp3) is 0.364. The van der Waals surface area contributed by atoms with Crippen molar-refractivity contribution in [2.75, 3.05) is 25.0 Å². The van der Waals surface area contributed by atoms with Crippen LogP contribution in [-0.2, 0) is 11.2 Å². The second kappa shape index (κ2) is 10.5. The normalized spacial score (nSPS) is 16.8. The molecule has 1 heterocycles. The third kappa shape index (κ3) is 6.51. The summed E-state index contributed by atoms with van der Waals surface area (Å²) in [6.07, 6.45) is 1.44. The molecule has 3 rings (SSSR count). The van der Waals surface area contributed by atoms with Gasteiger partial charge in [-0.3, -0.25) is 9.79 Å². The van der Waals surface area contributed by atoms with Crippen LogP contribution in [0.5, 0.6) is 0 Å². The summed E-state index contributed by atoms with van der Waals surface area (Å²) >= 11 is 0. The zero-order chi connectivity index (χ0) is 19.2. The first-order valence-corrected chi connectivity index (χ1v) is 9.46. The summed E-state index contributed by atoms with van der Waals surface area (Å²) in [6.45, 7) is 6.20. The van der Waals surface area contributed by atoms with Gasteiger partial charge in [0.15, 0.2) is 5.96 Å². The number of hydrogen-bond donors (Lipinski definition) is 2. The second-order valence-electron chi connectivity index (χ2n) is 7.37. The maximum atomic E-state index is 12.2. The molecule has 2 aromatic carbocycles. The van der Waals surface area contributed by atoms with Gasteiger partial charge in [0.2, 0.25) is 5.91 Å². The van der Waals surface area contributed by atoms with Crippen molar-refractivity contribution in [1.82, 2.24) is 4.90 Å². The molecule has 2 aromatic rings. The highest BCUT2D eigenvalue weighted by Crippen LogP contribution is 2.19. The monoisotopic (exact) mass is 492 g/mol. The molecule has 1 saturated heterocycles. The molecular weight excluding hydrogens is 463 g/mol. The van der Waals surface area contributed by atoms with E-state index in [4.69, 9.17) is 5.73 Å². The Bertz CT molecular complexity index is 802. The predicted molar refractivity (Wildman–Crippen MR) is 126 cm³/mol. The van der Waals surface area contributed by atoms with Crippen molar-refractivity contribution in [2.24, 2.45) is 16.6 Å². The third-order valence-electron chi connectivity index (χ3n) is 4.82. The maximum Gasteiger partial charge on any atom is 0.223 e. The Morgan fingerprint density at radius 1 is 1.18 bits per heavy atom. The van der Waals surface area contributed by atoms with Crippen molar-refractivity contribution in [3.8, 4) is 0 Å². The van der Waals surface area contributed by atoms with Crippen LogP contribution >= 0.6 is 24.0 Å². The maximum absolute atomic E-state index is 12.2. The quantitative estimate of drug-likeness (QED) is 0.367. The number of anilines is 1.